The van der Waals surface area contributed by atoms with Gasteiger partial charge in [-0.2, -0.15) is 0 Å². The zero-order chi connectivity index (χ0) is 25.2. The van der Waals surface area contributed by atoms with Crippen molar-refractivity contribution in [3.63, 3.8) is 0 Å². The van der Waals surface area contributed by atoms with Crippen LogP contribution in [0.25, 0.3) is 0 Å². The van der Waals surface area contributed by atoms with Crippen LogP contribution in [0.15, 0.2) is 83.3 Å². The van der Waals surface area contributed by atoms with E-state index in [2.05, 4.69) is 21.2 Å². The molecule has 2 amide bonds. The van der Waals surface area contributed by atoms with Crippen LogP contribution in [0.3, 0.4) is 0 Å². The minimum absolute atomic E-state index is 0.151. The third kappa shape index (κ3) is 8.25. The van der Waals surface area contributed by atoms with Crippen molar-refractivity contribution >= 4 is 27.7 Å². The highest BCUT2D eigenvalue weighted by Gasteiger charge is 2.30. The zero-order valence-electron chi connectivity index (χ0n) is 20.5. The van der Waals surface area contributed by atoms with Gasteiger partial charge in [0.05, 0.1) is 0 Å². The number of para-hydroxylation sites is 1. The number of hydrogen-bond donors (Lipinski definition) is 1. The Hall–Kier alpha value is -3.12. The fourth-order valence-electron chi connectivity index (χ4n) is 3.75. The average Bonchev–Trinajstić information content (AvgIpc) is 2.84. The van der Waals surface area contributed by atoms with Crippen LogP contribution < -0.4 is 10.1 Å². The Morgan fingerprint density at radius 1 is 0.943 bits per heavy atom. The third-order valence-corrected chi connectivity index (χ3v) is 6.14. The first-order chi connectivity index (χ1) is 16.8. The summed E-state index contributed by atoms with van der Waals surface area (Å²) in [4.78, 5) is 28.7. The highest BCUT2D eigenvalue weighted by Crippen LogP contribution is 2.20. The van der Waals surface area contributed by atoms with Crippen LogP contribution in [0.5, 0.6) is 5.75 Å². The van der Waals surface area contributed by atoms with E-state index in [4.69, 9.17) is 4.74 Å². The standard InChI is InChI=1S/C29H33BrN2O3/c1-21(2)18-31-29(34)26(17-23-11-5-4-6-12-23)32(19-24-13-9-14-25(30)16-24)28(33)20-35-27-15-8-7-10-22(27)3/h4-16,21,26H,17-20H2,1-3H3,(H,31,34)/t26-/m1/s1. The molecular weight excluding hydrogens is 504 g/mol. The molecule has 0 spiro atoms. The number of hydrogen-bond acceptors (Lipinski definition) is 3. The highest BCUT2D eigenvalue weighted by atomic mass is 79.9. The Balaban J connectivity index is 1.91. The van der Waals surface area contributed by atoms with E-state index in [0.717, 1.165) is 21.2 Å². The van der Waals surface area contributed by atoms with Crippen molar-refractivity contribution in [1.82, 2.24) is 10.2 Å². The molecule has 3 aromatic carbocycles. The molecular formula is C29H33BrN2O3. The van der Waals surface area contributed by atoms with Gasteiger partial charge in [0.2, 0.25) is 5.91 Å². The van der Waals surface area contributed by atoms with E-state index in [1.165, 1.54) is 0 Å². The van der Waals surface area contributed by atoms with Crippen molar-refractivity contribution in [2.24, 2.45) is 5.92 Å². The molecule has 0 fully saturated rings. The molecule has 0 aliphatic carbocycles. The van der Waals surface area contributed by atoms with Gasteiger partial charge in [0, 0.05) is 24.0 Å². The summed E-state index contributed by atoms with van der Waals surface area (Å²) in [6, 6.07) is 24.5. The number of rotatable bonds is 11. The van der Waals surface area contributed by atoms with Crippen LogP contribution in [0.2, 0.25) is 0 Å². The van der Waals surface area contributed by atoms with Gasteiger partial charge in [-0.25, -0.2) is 0 Å². The van der Waals surface area contributed by atoms with Gasteiger partial charge in [-0.15, -0.1) is 0 Å². The number of carbonyl (C=O) groups excluding carboxylic acids is 2. The maximum atomic E-state index is 13.6. The van der Waals surface area contributed by atoms with Crippen LogP contribution in [-0.2, 0) is 22.6 Å². The number of nitrogens with zero attached hydrogens (tertiary/aromatic N) is 1. The molecule has 1 N–H and O–H groups in total. The first-order valence-electron chi connectivity index (χ1n) is 11.9. The topological polar surface area (TPSA) is 58.6 Å². The van der Waals surface area contributed by atoms with Crippen molar-refractivity contribution < 1.29 is 14.3 Å². The van der Waals surface area contributed by atoms with Crippen molar-refractivity contribution in [2.75, 3.05) is 13.2 Å². The van der Waals surface area contributed by atoms with Crippen LogP contribution in [0, 0.1) is 12.8 Å². The van der Waals surface area contributed by atoms with E-state index in [0.29, 0.717) is 31.2 Å². The van der Waals surface area contributed by atoms with Gasteiger partial charge in [-0.05, 0) is 47.7 Å². The molecule has 3 aromatic rings. The lowest BCUT2D eigenvalue weighted by Gasteiger charge is -2.32. The second kappa shape index (κ2) is 13.1. The summed E-state index contributed by atoms with van der Waals surface area (Å²) < 4.78 is 6.81. The molecule has 6 heteroatoms. The first-order valence-corrected chi connectivity index (χ1v) is 12.7. The Morgan fingerprint density at radius 2 is 1.63 bits per heavy atom. The molecule has 35 heavy (non-hydrogen) atoms. The van der Waals surface area contributed by atoms with Crippen molar-refractivity contribution in [2.45, 2.75) is 39.8 Å². The smallest absolute Gasteiger partial charge is 0.261 e. The number of amides is 2. The van der Waals surface area contributed by atoms with E-state index in [1.807, 2.05) is 99.6 Å². The van der Waals surface area contributed by atoms with Gasteiger partial charge >= 0.3 is 0 Å². The van der Waals surface area contributed by atoms with E-state index in [9.17, 15) is 9.59 Å². The molecule has 1 atom stereocenters. The molecule has 5 nitrogen and oxygen atoms in total. The van der Waals surface area contributed by atoms with E-state index >= 15 is 0 Å². The van der Waals surface area contributed by atoms with Crippen molar-refractivity contribution in [3.8, 4) is 5.75 Å². The number of halogens is 1. The number of benzene rings is 3. The molecule has 0 saturated heterocycles. The largest absolute Gasteiger partial charge is 0.484 e. The first kappa shape index (κ1) is 26.5. The number of nitrogens with one attached hydrogen (secondary N) is 1. The zero-order valence-corrected chi connectivity index (χ0v) is 22.1. The molecule has 0 radical (unpaired) electrons. The SMILES string of the molecule is Cc1ccccc1OCC(=O)N(Cc1cccc(Br)c1)[C@H](Cc1ccccc1)C(=O)NCC(C)C. The lowest BCUT2D eigenvalue weighted by atomic mass is 10.0. The average molecular weight is 537 g/mol. The Bertz CT molecular complexity index is 1120. The van der Waals surface area contributed by atoms with Crippen molar-refractivity contribution in [3.05, 3.63) is 100 Å². The molecule has 0 bridgehead atoms. The van der Waals surface area contributed by atoms with Gasteiger partial charge < -0.3 is 15.0 Å². The summed E-state index contributed by atoms with van der Waals surface area (Å²) in [6.45, 7) is 6.73. The molecule has 0 unspecified atom stereocenters. The maximum Gasteiger partial charge on any atom is 0.261 e. The molecule has 0 heterocycles. The Kier molecular flexibility index (Phi) is 9.91. The van der Waals surface area contributed by atoms with Gasteiger partial charge in [0.1, 0.15) is 11.8 Å². The van der Waals surface area contributed by atoms with Crippen LogP contribution in [-0.4, -0.2) is 35.9 Å². The van der Waals surface area contributed by atoms with Gasteiger partial charge in [-0.3, -0.25) is 9.59 Å². The fraction of sp³-hybridized carbons (Fsp3) is 0.310. The van der Waals surface area contributed by atoms with Gasteiger partial charge in [0.15, 0.2) is 6.61 Å². The Labute approximate surface area is 216 Å². The lowest BCUT2D eigenvalue weighted by molar-refractivity contribution is -0.142. The lowest BCUT2D eigenvalue weighted by Crippen LogP contribution is -2.52. The summed E-state index contributed by atoms with van der Waals surface area (Å²) in [5, 5.41) is 3.03. The molecule has 0 aromatic heterocycles. The van der Waals surface area contributed by atoms with Crippen LogP contribution in [0.4, 0.5) is 0 Å². The van der Waals surface area contributed by atoms with Crippen LogP contribution in [0.1, 0.15) is 30.5 Å². The summed E-state index contributed by atoms with van der Waals surface area (Å²) in [5.41, 5.74) is 2.87. The summed E-state index contributed by atoms with van der Waals surface area (Å²) in [6.07, 6.45) is 0.412. The highest BCUT2D eigenvalue weighted by molar-refractivity contribution is 9.10. The number of aryl methyl sites for hydroxylation is 1. The molecule has 0 aliphatic rings. The minimum Gasteiger partial charge on any atom is -0.484 e. The third-order valence-electron chi connectivity index (χ3n) is 5.64. The predicted octanol–water partition coefficient (Wildman–Crippen LogP) is 5.55. The minimum atomic E-state index is -0.678. The van der Waals surface area contributed by atoms with Crippen LogP contribution >= 0.6 is 15.9 Å². The summed E-state index contributed by atoms with van der Waals surface area (Å²) in [7, 11) is 0. The normalized spacial score (nSPS) is 11.7. The summed E-state index contributed by atoms with van der Waals surface area (Å²) >= 11 is 3.51. The van der Waals surface area contributed by atoms with E-state index in [-0.39, 0.29) is 18.4 Å². The fourth-order valence-corrected chi connectivity index (χ4v) is 4.20. The van der Waals surface area contributed by atoms with E-state index in [1.54, 1.807) is 4.90 Å². The molecule has 0 aliphatic heterocycles. The Morgan fingerprint density at radius 3 is 2.31 bits per heavy atom. The quantitative estimate of drug-likeness (QED) is 0.349. The number of carbonyl (C=O) groups is 2. The van der Waals surface area contributed by atoms with Crippen molar-refractivity contribution in [1.29, 1.82) is 0 Å². The molecule has 3 rings (SSSR count). The molecule has 0 saturated carbocycles. The van der Waals surface area contributed by atoms with E-state index < -0.39 is 6.04 Å². The summed E-state index contributed by atoms with van der Waals surface area (Å²) in [5.74, 6) is 0.553. The number of ether oxygens (including phenoxy) is 1. The predicted molar refractivity (Wildman–Crippen MR) is 143 cm³/mol. The molecule has 184 valence electrons. The second-order valence-electron chi connectivity index (χ2n) is 9.05. The second-order valence-corrected chi connectivity index (χ2v) is 9.97. The monoisotopic (exact) mass is 536 g/mol. The maximum absolute atomic E-state index is 13.6. The van der Waals surface area contributed by atoms with Gasteiger partial charge in [0.25, 0.3) is 5.91 Å². The van der Waals surface area contributed by atoms with Gasteiger partial charge in [-0.1, -0.05) is 90.4 Å².